The Morgan fingerprint density at radius 1 is 1.29 bits per heavy atom. The molecule has 0 aliphatic carbocycles. The van der Waals surface area contributed by atoms with Gasteiger partial charge in [-0.1, -0.05) is 26.7 Å². The second-order valence-electron chi connectivity index (χ2n) is 4.60. The lowest BCUT2D eigenvalue weighted by Crippen LogP contribution is -2.46. The van der Waals surface area contributed by atoms with E-state index < -0.39 is 5.41 Å². The number of hydrogen-bond acceptors (Lipinski definition) is 3. The van der Waals surface area contributed by atoms with Crippen LogP contribution >= 0.6 is 11.8 Å². The van der Waals surface area contributed by atoms with Gasteiger partial charge in [0.25, 0.3) is 0 Å². The molecule has 0 saturated carbocycles. The number of rotatable bonds is 5. The number of nitrogens with zero attached hydrogens (tertiary/aromatic N) is 2. The average Bonchev–Trinajstić information content (AvgIpc) is 2.38. The molecule has 1 rings (SSSR count). The highest BCUT2D eigenvalue weighted by atomic mass is 32.2. The summed E-state index contributed by atoms with van der Waals surface area (Å²) in [7, 11) is 0. The molecule has 0 unspecified atom stereocenters. The van der Waals surface area contributed by atoms with E-state index in [1.807, 2.05) is 30.5 Å². The quantitative estimate of drug-likeness (QED) is 0.757. The fourth-order valence-corrected chi connectivity index (χ4v) is 3.32. The van der Waals surface area contributed by atoms with Crippen molar-refractivity contribution in [2.45, 2.75) is 39.5 Å². The third-order valence-electron chi connectivity index (χ3n) is 3.28. The Kier molecular flexibility index (Phi) is 5.84. The summed E-state index contributed by atoms with van der Waals surface area (Å²) in [6.07, 6.45) is 3.17. The third kappa shape index (κ3) is 3.38. The maximum atomic E-state index is 12.5. The van der Waals surface area contributed by atoms with Crippen LogP contribution in [0.2, 0.25) is 0 Å². The lowest BCUT2D eigenvalue weighted by atomic mass is 9.79. The zero-order chi connectivity index (χ0) is 12.7. The molecule has 1 amide bonds. The maximum absolute atomic E-state index is 12.5. The van der Waals surface area contributed by atoms with Gasteiger partial charge in [-0.15, -0.1) is 0 Å². The minimum absolute atomic E-state index is 0.0731. The van der Waals surface area contributed by atoms with Gasteiger partial charge < -0.3 is 4.90 Å². The van der Waals surface area contributed by atoms with Crippen LogP contribution in [0.4, 0.5) is 0 Å². The Morgan fingerprint density at radius 3 is 2.24 bits per heavy atom. The van der Waals surface area contributed by atoms with Crippen molar-refractivity contribution in [3.05, 3.63) is 0 Å². The number of hydrogen-bond donors (Lipinski definition) is 0. The van der Waals surface area contributed by atoms with E-state index in [0.29, 0.717) is 12.8 Å². The van der Waals surface area contributed by atoms with E-state index in [1.165, 1.54) is 0 Å². The highest BCUT2D eigenvalue weighted by molar-refractivity contribution is 7.99. The van der Waals surface area contributed by atoms with E-state index in [9.17, 15) is 10.1 Å². The first kappa shape index (κ1) is 14.4. The van der Waals surface area contributed by atoms with E-state index in [2.05, 4.69) is 6.07 Å². The normalized spacial score (nSPS) is 16.6. The minimum Gasteiger partial charge on any atom is -0.340 e. The third-order valence-corrected chi connectivity index (χ3v) is 4.22. The molecule has 0 atom stereocenters. The minimum atomic E-state index is -0.758. The van der Waals surface area contributed by atoms with Crippen LogP contribution in [0.1, 0.15) is 39.5 Å². The molecule has 1 aliphatic rings. The van der Waals surface area contributed by atoms with Gasteiger partial charge in [0.05, 0.1) is 6.07 Å². The van der Waals surface area contributed by atoms with Gasteiger partial charge in [0.1, 0.15) is 5.41 Å². The maximum Gasteiger partial charge on any atom is 0.243 e. The summed E-state index contributed by atoms with van der Waals surface area (Å²) in [5, 5.41) is 9.44. The van der Waals surface area contributed by atoms with Crippen LogP contribution in [0, 0.1) is 16.7 Å². The summed E-state index contributed by atoms with van der Waals surface area (Å²) in [5.74, 6) is 2.08. The Bertz CT molecular complexity index is 286. The van der Waals surface area contributed by atoms with Gasteiger partial charge >= 0.3 is 0 Å². The van der Waals surface area contributed by atoms with Gasteiger partial charge in [0, 0.05) is 24.6 Å². The van der Waals surface area contributed by atoms with E-state index in [-0.39, 0.29) is 5.91 Å². The van der Waals surface area contributed by atoms with Crippen molar-refractivity contribution in [3.8, 4) is 6.07 Å². The molecule has 0 radical (unpaired) electrons. The first-order valence-electron chi connectivity index (χ1n) is 6.48. The van der Waals surface area contributed by atoms with Crippen LogP contribution in [0.5, 0.6) is 0 Å². The molecule has 96 valence electrons. The number of carbonyl (C=O) groups excluding carboxylic acids is 1. The Labute approximate surface area is 109 Å². The van der Waals surface area contributed by atoms with Gasteiger partial charge in [-0.25, -0.2) is 0 Å². The summed E-state index contributed by atoms with van der Waals surface area (Å²) in [4.78, 5) is 14.4. The second kappa shape index (κ2) is 6.90. The van der Waals surface area contributed by atoms with Crippen molar-refractivity contribution >= 4 is 17.7 Å². The molecule has 3 nitrogen and oxygen atoms in total. The molecule has 0 aromatic heterocycles. The van der Waals surface area contributed by atoms with Gasteiger partial charge in [0.15, 0.2) is 0 Å². The van der Waals surface area contributed by atoms with Crippen molar-refractivity contribution in [1.29, 1.82) is 5.26 Å². The second-order valence-corrected chi connectivity index (χ2v) is 5.82. The zero-order valence-corrected chi connectivity index (χ0v) is 11.7. The number of amides is 1. The summed E-state index contributed by atoms with van der Waals surface area (Å²) in [6, 6.07) is 2.32. The number of carbonyl (C=O) groups is 1. The molecule has 17 heavy (non-hydrogen) atoms. The monoisotopic (exact) mass is 254 g/mol. The Hall–Kier alpha value is -0.690. The summed E-state index contributed by atoms with van der Waals surface area (Å²) >= 11 is 1.88. The number of thioether (sulfide) groups is 1. The lowest BCUT2D eigenvalue weighted by molar-refractivity contribution is -0.139. The standard InChI is InChI=1S/C13H22N2OS/c1-3-5-13(11-14,6-4-2)12(16)15-7-9-17-10-8-15/h3-10H2,1-2H3. The first-order chi connectivity index (χ1) is 8.20. The van der Waals surface area contributed by atoms with Crippen molar-refractivity contribution in [2.24, 2.45) is 5.41 Å². The van der Waals surface area contributed by atoms with Crippen LogP contribution in [0.3, 0.4) is 0 Å². The predicted octanol–water partition coefficient (Wildman–Crippen LogP) is 2.67. The smallest absolute Gasteiger partial charge is 0.243 e. The molecule has 4 heteroatoms. The molecule has 0 aromatic rings. The molecule has 1 aliphatic heterocycles. The molecule has 0 aromatic carbocycles. The van der Waals surface area contributed by atoms with Crippen LogP contribution in [-0.4, -0.2) is 35.4 Å². The Balaban J connectivity index is 2.80. The highest BCUT2D eigenvalue weighted by Crippen LogP contribution is 2.32. The molecule has 1 fully saturated rings. The SMILES string of the molecule is CCCC(C#N)(CCC)C(=O)N1CCSCC1. The van der Waals surface area contributed by atoms with E-state index in [0.717, 1.165) is 37.4 Å². The topological polar surface area (TPSA) is 44.1 Å². The largest absolute Gasteiger partial charge is 0.340 e. The lowest BCUT2D eigenvalue weighted by Gasteiger charge is -2.34. The summed E-state index contributed by atoms with van der Waals surface area (Å²) in [5.41, 5.74) is -0.758. The van der Waals surface area contributed by atoms with Gasteiger partial charge in [-0.2, -0.15) is 17.0 Å². The van der Waals surface area contributed by atoms with Crippen molar-refractivity contribution in [3.63, 3.8) is 0 Å². The predicted molar refractivity (Wildman–Crippen MR) is 71.8 cm³/mol. The molecule has 1 saturated heterocycles. The fourth-order valence-electron chi connectivity index (χ4n) is 2.42. The zero-order valence-electron chi connectivity index (χ0n) is 10.9. The highest BCUT2D eigenvalue weighted by Gasteiger charge is 2.40. The molecule has 0 spiro atoms. The summed E-state index contributed by atoms with van der Waals surface area (Å²) in [6.45, 7) is 5.70. The van der Waals surface area contributed by atoms with Crippen LogP contribution in [-0.2, 0) is 4.79 Å². The molecule has 1 heterocycles. The number of nitriles is 1. The van der Waals surface area contributed by atoms with E-state index >= 15 is 0 Å². The van der Waals surface area contributed by atoms with Crippen LogP contribution in [0.15, 0.2) is 0 Å². The molecule has 0 bridgehead atoms. The molecular formula is C13H22N2OS. The fraction of sp³-hybridized carbons (Fsp3) is 0.846. The van der Waals surface area contributed by atoms with Crippen LogP contribution < -0.4 is 0 Å². The van der Waals surface area contributed by atoms with Crippen LogP contribution in [0.25, 0.3) is 0 Å². The van der Waals surface area contributed by atoms with Gasteiger partial charge in [0.2, 0.25) is 5.91 Å². The molecule has 0 N–H and O–H groups in total. The molecular weight excluding hydrogens is 232 g/mol. The van der Waals surface area contributed by atoms with Gasteiger partial charge in [-0.05, 0) is 12.8 Å². The summed E-state index contributed by atoms with van der Waals surface area (Å²) < 4.78 is 0. The van der Waals surface area contributed by atoms with Crippen molar-refractivity contribution in [1.82, 2.24) is 4.90 Å². The van der Waals surface area contributed by atoms with E-state index in [4.69, 9.17) is 0 Å². The van der Waals surface area contributed by atoms with Crippen molar-refractivity contribution < 1.29 is 4.79 Å². The Morgan fingerprint density at radius 2 is 1.82 bits per heavy atom. The van der Waals surface area contributed by atoms with Crippen molar-refractivity contribution in [2.75, 3.05) is 24.6 Å². The van der Waals surface area contributed by atoms with Gasteiger partial charge in [-0.3, -0.25) is 4.79 Å². The first-order valence-corrected chi connectivity index (χ1v) is 7.64. The average molecular weight is 254 g/mol. The van der Waals surface area contributed by atoms with E-state index in [1.54, 1.807) is 0 Å².